The Balaban J connectivity index is 0.000000583. The fourth-order valence-electron chi connectivity index (χ4n) is 0.859. The van der Waals surface area contributed by atoms with E-state index in [2.05, 4.69) is 18.2 Å². The van der Waals surface area contributed by atoms with Crippen LogP contribution in [0.4, 0.5) is 5.69 Å². The molecule has 0 aliphatic carbocycles. The largest absolute Gasteiger partial charge is 0.250 e. The Bertz CT molecular complexity index is 379. The molecule has 15 heavy (non-hydrogen) atoms. The highest BCUT2D eigenvalue weighted by Gasteiger charge is 1.92. The Labute approximate surface area is 93.9 Å². The molecule has 0 saturated carbocycles. The van der Waals surface area contributed by atoms with E-state index in [1.54, 1.807) is 12.5 Å². The smallest absolute Gasteiger partial charge is 0.0730 e. The lowest BCUT2D eigenvalue weighted by Gasteiger charge is -1.96. The number of benzene rings is 1. The summed E-state index contributed by atoms with van der Waals surface area (Å²) >= 11 is 0. The third kappa shape index (κ3) is 8.18. The molecule has 3 heteroatoms. The minimum absolute atomic E-state index is 0.788. The van der Waals surface area contributed by atoms with Gasteiger partial charge in [-0.25, -0.2) is 4.21 Å². The van der Waals surface area contributed by atoms with E-state index in [1.165, 1.54) is 12.0 Å². The molecule has 0 N–H and O–H groups in total. The van der Waals surface area contributed by atoms with Crippen molar-refractivity contribution in [3.8, 4) is 0 Å². The summed E-state index contributed by atoms with van der Waals surface area (Å²) < 4.78 is 15.3. The first-order valence-electron chi connectivity index (χ1n) is 5.12. The van der Waals surface area contributed by atoms with E-state index in [-0.39, 0.29) is 0 Å². The van der Waals surface area contributed by atoms with E-state index in [4.69, 9.17) is 0 Å². The number of hydrogen-bond donors (Lipinski definition) is 0. The Kier molecular flexibility index (Phi) is 6.25. The van der Waals surface area contributed by atoms with Gasteiger partial charge in [-0.05, 0) is 19.1 Å². The zero-order valence-electron chi connectivity index (χ0n) is 10.3. The molecule has 0 heterocycles. The molecule has 0 atom stereocenters. The van der Waals surface area contributed by atoms with Crippen LogP contribution in [0.1, 0.15) is 25.8 Å². The van der Waals surface area contributed by atoms with Gasteiger partial charge in [-0.3, -0.25) is 0 Å². The molecule has 0 aliphatic rings. The summed E-state index contributed by atoms with van der Waals surface area (Å²) in [5.41, 5.74) is 1.98. The predicted octanol–water partition coefficient (Wildman–Crippen LogP) is 3.77. The van der Waals surface area contributed by atoms with Crippen LogP contribution >= 0.6 is 0 Å². The van der Waals surface area contributed by atoms with Crippen molar-refractivity contribution in [2.24, 2.45) is 4.36 Å². The lowest BCUT2D eigenvalue weighted by Crippen LogP contribution is -1.88. The van der Waals surface area contributed by atoms with Crippen molar-refractivity contribution in [3.05, 3.63) is 29.8 Å². The Morgan fingerprint density at radius 1 is 1.13 bits per heavy atom. The van der Waals surface area contributed by atoms with Gasteiger partial charge >= 0.3 is 0 Å². The maximum Gasteiger partial charge on any atom is 0.0730 e. The minimum atomic E-state index is -2.02. The molecular formula is C12H21NOS. The highest BCUT2D eigenvalue weighted by molar-refractivity contribution is 7.92. The van der Waals surface area contributed by atoms with Crippen LogP contribution in [0.3, 0.4) is 0 Å². The van der Waals surface area contributed by atoms with Crippen molar-refractivity contribution in [1.29, 1.82) is 0 Å². The van der Waals surface area contributed by atoms with Crippen LogP contribution < -0.4 is 0 Å². The van der Waals surface area contributed by atoms with Gasteiger partial charge in [0.25, 0.3) is 0 Å². The molecule has 1 rings (SSSR count). The molecule has 0 bridgehead atoms. The van der Waals surface area contributed by atoms with Gasteiger partial charge in [-0.1, -0.05) is 38.0 Å². The summed E-state index contributed by atoms with van der Waals surface area (Å²) in [6, 6.07) is 7.68. The average Bonchev–Trinajstić information content (AvgIpc) is 2.08. The Morgan fingerprint density at radius 3 is 1.87 bits per heavy atom. The van der Waals surface area contributed by atoms with E-state index in [9.17, 15) is 4.21 Å². The van der Waals surface area contributed by atoms with Gasteiger partial charge in [0, 0.05) is 22.2 Å². The van der Waals surface area contributed by atoms with Crippen molar-refractivity contribution in [2.75, 3.05) is 12.5 Å². The molecule has 2 nitrogen and oxygen atoms in total. The highest BCUT2D eigenvalue weighted by Crippen LogP contribution is 2.13. The molecule has 86 valence electrons. The predicted molar refractivity (Wildman–Crippen MR) is 69.2 cm³/mol. The molecule has 0 radical (unpaired) electrons. The maximum atomic E-state index is 11.3. The number of nitrogens with zero attached hydrogens (tertiary/aromatic N) is 1. The van der Waals surface area contributed by atoms with Gasteiger partial charge in [0.05, 0.1) is 5.69 Å². The van der Waals surface area contributed by atoms with Crippen LogP contribution in [0, 0.1) is 6.92 Å². The van der Waals surface area contributed by atoms with Crippen molar-refractivity contribution >= 4 is 15.4 Å². The number of hydrogen-bond acceptors (Lipinski definition) is 2. The number of rotatable bonds is 1. The molecule has 0 aliphatic heterocycles. The lowest BCUT2D eigenvalue weighted by atomic mass is 10.2. The topological polar surface area (TPSA) is 29.4 Å². The second-order valence-corrected chi connectivity index (χ2v) is 6.36. The summed E-state index contributed by atoms with van der Waals surface area (Å²) in [6.45, 7) is 6.26. The highest BCUT2D eigenvalue weighted by atomic mass is 32.2. The summed E-state index contributed by atoms with van der Waals surface area (Å²) in [4.78, 5) is 0. The lowest BCUT2D eigenvalue weighted by molar-refractivity contribution is 0.684. The first-order valence-corrected chi connectivity index (χ1v) is 7.46. The normalized spacial score (nSPS) is 10.2. The summed E-state index contributed by atoms with van der Waals surface area (Å²) in [5, 5.41) is 0. The average molecular weight is 227 g/mol. The first kappa shape index (κ1) is 14.2. The second kappa shape index (κ2) is 6.62. The van der Waals surface area contributed by atoms with Gasteiger partial charge in [-0.2, -0.15) is 4.36 Å². The van der Waals surface area contributed by atoms with E-state index in [0.717, 1.165) is 5.69 Å². The summed E-state index contributed by atoms with van der Waals surface area (Å²) in [7, 11) is -2.02. The molecule has 1 aromatic rings. The van der Waals surface area contributed by atoms with Gasteiger partial charge in [-0.15, -0.1) is 0 Å². The molecule has 0 saturated heterocycles. The molecule has 0 unspecified atom stereocenters. The second-order valence-electron chi connectivity index (χ2n) is 3.82. The van der Waals surface area contributed by atoms with Crippen LogP contribution in [0.15, 0.2) is 28.6 Å². The summed E-state index contributed by atoms with van der Waals surface area (Å²) in [5.74, 6) is 0. The summed E-state index contributed by atoms with van der Waals surface area (Å²) in [6.07, 6.45) is 4.51. The minimum Gasteiger partial charge on any atom is -0.250 e. The van der Waals surface area contributed by atoms with Crippen molar-refractivity contribution in [2.45, 2.75) is 27.2 Å². The van der Waals surface area contributed by atoms with Crippen LogP contribution in [-0.4, -0.2) is 16.7 Å². The van der Waals surface area contributed by atoms with Crippen LogP contribution in [0.5, 0.6) is 0 Å². The quantitative estimate of drug-likeness (QED) is 0.718. The molecule has 0 fully saturated rings. The third-order valence-electron chi connectivity index (χ3n) is 1.36. The van der Waals surface area contributed by atoms with Gasteiger partial charge in [0.1, 0.15) is 0 Å². The molecule has 0 aromatic heterocycles. The first-order chi connectivity index (χ1) is 6.89. The van der Waals surface area contributed by atoms with E-state index in [1.807, 2.05) is 31.2 Å². The molecule has 1 aromatic carbocycles. The fraction of sp³-hybridized carbons (Fsp3) is 0.500. The van der Waals surface area contributed by atoms with Crippen molar-refractivity contribution in [3.63, 3.8) is 0 Å². The van der Waals surface area contributed by atoms with E-state index < -0.39 is 9.73 Å². The third-order valence-corrected chi connectivity index (χ3v) is 2.01. The molecule has 0 amide bonds. The zero-order chi connectivity index (χ0) is 11.9. The standard InChI is InChI=1S/C9H13NOS.C3H8/c1-8-4-6-9(7-5-8)10-12(2,3)11;1-3-2/h4-7H,1-3H3;3H2,1-2H3. The van der Waals surface area contributed by atoms with Gasteiger partial charge in [0.15, 0.2) is 0 Å². The maximum absolute atomic E-state index is 11.3. The Hall–Kier alpha value is -0.830. The zero-order valence-corrected chi connectivity index (χ0v) is 11.1. The van der Waals surface area contributed by atoms with Crippen LogP contribution in [-0.2, 0) is 9.73 Å². The van der Waals surface area contributed by atoms with E-state index in [0.29, 0.717) is 0 Å². The van der Waals surface area contributed by atoms with Crippen LogP contribution in [0.2, 0.25) is 0 Å². The van der Waals surface area contributed by atoms with Gasteiger partial charge < -0.3 is 0 Å². The van der Waals surface area contributed by atoms with Crippen molar-refractivity contribution < 1.29 is 4.21 Å². The molecular weight excluding hydrogens is 206 g/mol. The SMILES string of the molecule is CCC.Cc1ccc(N=S(C)(C)=O)cc1. The van der Waals surface area contributed by atoms with E-state index >= 15 is 0 Å². The van der Waals surface area contributed by atoms with Crippen LogP contribution in [0.25, 0.3) is 0 Å². The molecule has 0 spiro atoms. The van der Waals surface area contributed by atoms with Gasteiger partial charge in [0.2, 0.25) is 0 Å². The van der Waals surface area contributed by atoms with Crippen molar-refractivity contribution in [1.82, 2.24) is 0 Å². The fourth-order valence-corrected chi connectivity index (χ4v) is 1.49. The number of aryl methyl sites for hydroxylation is 1. The Morgan fingerprint density at radius 2 is 1.53 bits per heavy atom. The monoisotopic (exact) mass is 227 g/mol.